The van der Waals surface area contributed by atoms with E-state index in [0.717, 1.165) is 11.3 Å². The molecule has 1 aliphatic heterocycles. The Labute approximate surface area is 104 Å². The molecule has 0 unspecified atom stereocenters. The van der Waals surface area contributed by atoms with Gasteiger partial charge in [0, 0.05) is 6.20 Å². The summed E-state index contributed by atoms with van der Waals surface area (Å²) in [6, 6.07) is 9.10. The number of carbonyl (C=O) groups is 1. The summed E-state index contributed by atoms with van der Waals surface area (Å²) in [5, 5.41) is 0. The van der Waals surface area contributed by atoms with Gasteiger partial charge in [0.15, 0.2) is 11.5 Å². The SMILES string of the molecule is O=C(/C=C/c1ccc2c(c1)OCO2)c1ccc[nH]1. The quantitative estimate of drug-likeness (QED) is 0.664. The summed E-state index contributed by atoms with van der Waals surface area (Å²) in [5.74, 6) is 1.39. The second-order valence-electron chi connectivity index (χ2n) is 3.89. The van der Waals surface area contributed by atoms with E-state index in [1.165, 1.54) is 6.08 Å². The topological polar surface area (TPSA) is 51.3 Å². The van der Waals surface area contributed by atoms with Crippen molar-refractivity contribution in [1.82, 2.24) is 4.98 Å². The van der Waals surface area contributed by atoms with Crippen LogP contribution in [0.25, 0.3) is 6.08 Å². The Morgan fingerprint density at radius 2 is 2.11 bits per heavy atom. The minimum Gasteiger partial charge on any atom is -0.454 e. The minimum atomic E-state index is -0.0577. The number of allylic oxidation sites excluding steroid dienone is 1. The first-order valence-corrected chi connectivity index (χ1v) is 5.58. The van der Waals surface area contributed by atoms with E-state index in [2.05, 4.69) is 4.98 Å². The van der Waals surface area contributed by atoms with Gasteiger partial charge in [-0.05, 0) is 35.9 Å². The van der Waals surface area contributed by atoms with Crippen molar-refractivity contribution < 1.29 is 14.3 Å². The van der Waals surface area contributed by atoms with E-state index in [9.17, 15) is 4.79 Å². The van der Waals surface area contributed by atoms with Crippen LogP contribution in [-0.4, -0.2) is 17.6 Å². The van der Waals surface area contributed by atoms with E-state index in [4.69, 9.17) is 9.47 Å². The van der Waals surface area contributed by atoms with Gasteiger partial charge in [-0.3, -0.25) is 4.79 Å². The van der Waals surface area contributed by atoms with Gasteiger partial charge in [-0.15, -0.1) is 0 Å². The van der Waals surface area contributed by atoms with E-state index >= 15 is 0 Å². The summed E-state index contributed by atoms with van der Waals surface area (Å²) in [6.07, 6.45) is 5.01. The summed E-state index contributed by atoms with van der Waals surface area (Å²) < 4.78 is 10.5. The number of aromatic nitrogens is 1. The number of nitrogens with one attached hydrogen (secondary N) is 1. The molecule has 0 radical (unpaired) electrons. The van der Waals surface area contributed by atoms with Crippen LogP contribution in [0.5, 0.6) is 11.5 Å². The van der Waals surface area contributed by atoms with E-state index in [1.54, 1.807) is 24.4 Å². The smallest absolute Gasteiger partial charge is 0.231 e. The fourth-order valence-electron chi connectivity index (χ4n) is 1.76. The zero-order chi connectivity index (χ0) is 12.4. The van der Waals surface area contributed by atoms with Crippen molar-refractivity contribution in [2.45, 2.75) is 0 Å². The number of ketones is 1. The molecule has 90 valence electrons. The average molecular weight is 241 g/mol. The average Bonchev–Trinajstić information content (AvgIpc) is 3.05. The minimum absolute atomic E-state index is 0.0577. The van der Waals surface area contributed by atoms with Crippen LogP contribution in [0.4, 0.5) is 0 Å². The molecule has 1 aromatic heterocycles. The summed E-state index contributed by atoms with van der Waals surface area (Å²) in [5.41, 5.74) is 1.48. The van der Waals surface area contributed by atoms with Gasteiger partial charge in [-0.1, -0.05) is 12.1 Å². The maximum Gasteiger partial charge on any atom is 0.231 e. The second kappa shape index (κ2) is 4.41. The summed E-state index contributed by atoms with van der Waals surface area (Å²) in [6.45, 7) is 0.254. The normalized spacial score (nSPS) is 13.1. The first-order chi connectivity index (χ1) is 8.83. The van der Waals surface area contributed by atoms with Gasteiger partial charge in [0.05, 0.1) is 5.69 Å². The van der Waals surface area contributed by atoms with Crippen LogP contribution in [0.2, 0.25) is 0 Å². The third kappa shape index (κ3) is 2.00. The third-order valence-electron chi connectivity index (χ3n) is 2.69. The fourth-order valence-corrected chi connectivity index (χ4v) is 1.76. The lowest BCUT2D eigenvalue weighted by Crippen LogP contribution is -1.93. The molecule has 18 heavy (non-hydrogen) atoms. The van der Waals surface area contributed by atoms with Crippen molar-refractivity contribution >= 4 is 11.9 Å². The van der Waals surface area contributed by atoms with Gasteiger partial charge >= 0.3 is 0 Å². The monoisotopic (exact) mass is 241 g/mol. The van der Waals surface area contributed by atoms with Crippen molar-refractivity contribution in [3.8, 4) is 11.5 Å². The number of benzene rings is 1. The molecule has 0 atom stereocenters. The Bertz CT molecular complexity index is 600. The molecule has 2 heterocycles. The summed E-state index contributed by atoms with van der Waals surface area (Å²) in [7, 11) is 0. The van der Waals surface area contributed by atoms with E-state index in [-0.39, 0.29) is 12.6 Å². The number of H-pyrrole nitrogens is 1. The molecule has 1 aliphatic rings. The van der Waals surface area contributed by atoms with Gasteiger partial charge in [-0.25, -0.2) is 0 Å². The van der Waals surface area contributed by atoms with Crippen LogP contribution in [0.3, 0.4) is 0 Å². The Kier molecular flexibility index (Phi) is 2.61. The molecule has 0 bridgehead atoms. The first kappa shape index (κ1) is 10.7. The van der Waals surface area contributed by atoms with Gasteiger partial charge in [0.25, 0.3) is 0 Å². The van der Waals surface area contributed by atoms with Crippen LogP contribution in [0.1, 0.15) is 16.1 Å². The van der Waals surface area contributed by atoms with Crippen molar-refractivity contribution in [1.29, 1.82) is 0 Å². The Morgan fingerprint density at radius 1 is 1.22 bits per heavy atom. The van der Waals surface area contributed by atoms with Crippen LogP contribution in [0.15, 0.2) is 42.6 Å². The number of aromatic amines is 1. The molecule has 4 heteroatoms. The molecule has 3 rings (SSSR count). The molecule has 4 nitrogen and oxygen atoms in total. The summed E-state index contributed by atoms with van der Waals surface area (Å²) >= 11 is 0. The lowest BCUT2D eigenvalue weighted by atomic mass is 10.1. The fraction of sp³-hybridized carbons (Fsp3) is 0.0714. The number of hydrogen-bond acceptors (Lipinski definition) is 3. The predicted molar refractivity (Wildman–Crippen MR) is 66.7 cm³/mol. The molecule has 0 spiro atoms. The largest absolute Gasteiger partial charge is 0.454 e. The predicted octanol–water partition coefficient (Wildman–Crippen LogP) is 2.64. The van der Waals surface area contributed by atoms with Gasteiger partial charge in [-0.2, -0.15) is 0 Å². The zero-order valence-electron chi connectivity index (χ0n) is 9.55. The zero-order valence-corrected chi connectivity index (χ0v) is 9.55. The highest BCUT2D eigenvalue weighted by Gasteiger charge is 2.12. The molecule has 1 N–H and O–H groups in total. The second-order valence-corrected chi connectivity index (χ2v) is 3.89. The molecule has 0 fully saturated rings. The number of carbonyl (C=O) groups excluding carboxylic acids is 1. The van der Waals surface area contributed by atoms with Crippen molar-refractivity contribution in [2.75, 3.05) is 6.79 Å². The first-order valence-electron chi connectivity index (χ1n) is 5.58. The number of ether oxygens (including phenoxy) is 2. The standard InChI is InChI=1S/C14H11NO3/c16-12(11-2-1-7-15-11)5-3-10-4-6-13-14(8-10)18-9-17-13/h1-8,15H,9H2/b5-3+. The number of rotatable bonds is 3. The highest BCUT2D eigenvalue weighted by Crippen LogP contribution is 2.32. The number of hydrogen-bond donors (Lipinski definition) is 1. The van der Waals surface area contributed by atoms with Gasteiger partial charge < -0.3 is 14.5 Å². The van der Waals surface area contributed by atoms with Crippen LogP contribution < -0.4 is 9.47 Å². The van der Waals surface area contributed by atoms with Crippen LogP contribution in [-0.2, 0) is 0 Å². The molecule has 0 aliphatic carbocycles. The Balaban J connectivity index is 1.78. The van der Waals surface area contributed by atoms with Crippen LogP contribution in [0, 0.1) is 0 Å². The Hall–Kier alpha value is -2.49. The molecule has 0 saturated carbocycles. The van der Waals surface area contributed by atoms with Crippen molar-refractivity contribution in [2.24, 2.45) is 0 Å². The Morgan fingerprint density at radius 3 is 2.94 bits per heavy atom. The molecular weight excluding hydrogens is 230 g/mol. The lowest BCUT2D eigenvalue weighted by Gasteiger charge is -1.97. The van der Waals surface area contributed by atoms with Crippen LogP contribution >= 0.6 is 0 Å². The molecule has 0 amide bonds. The van der Waals surface area contributed by atoms with Gasteiger partial charge in [0.1, 0.15) is 0 Å². The van der Waals surface area contributed by atoms with E-state index < -0.39 is 0 Å². The highest BCUT2D eigenvalue weighted by molar-refractivity contribution is 6.05. The van der Waals surface area contributed by atoms with Gasteiger partial charge in [0.2, 0.25) is 12.6 Å². The molecule has 0 saturated heterocycles. The van der Waals surface area contributed by atoms with E-state index in [1.807, 2.05) is 18.2 Å². The van der Waals surface area contributed by atoms with E-state index in [0.29, 0.717) is 11.4 Å². The molecule has 2 aromatic rings. The molecular formula is C14H11NO3. The van der Waals surface area contributed by atoms with Crippen molar-refractivity contribution in [3.05, 3.63) is 53.9 Å². The highest BCUT2D eigenvalue weighted by atomic mass is 16.7. The maximum absolute atomic E-state index is 11.7. The number of fused-ring (bicyclic) bond motifs is 1. The third-order valence-corrected chi connectivity index (χ3v) is 2.69. The maximum atomic E-state index is 11.7. The lowest BCUT2D eigenvalue weighted by molar-refractivity contribution is 0.104. The molecule has 1 aromatic carbocycles. The summed E-state index contributed by atoms with van der Waals surface area (Å²) in [4.78, 5) is 14.6. The van der Waals surface area contributed by atoms with Crippen molar-refractivity contribution in [3.63, 3.8) is 0 Å².